The molecule has 0 amide bonds. The fourth-order valence-electron chi connectivity index (χ4n) is 3.31. The zero-order chi connectivity index (χ0) is 19.1. The van der Waals surface area contributed by atoms with Crippen LogP contribution in [0.15, 0.2) is 36.4 Å². The normalized spacial score (nSPS) is 11.7. The number of aromatic nitrogens is 2. The molecule has 1 aliphatic carbocycles. The molecule has 1 heterocycles. The summed E-state index contributed by atoms with van der Waals surface area (Å²) in [5.41, 5.74) is 3.28. The third-order valence-electron chi connectivity index (χ3n) is 4.48. The van der Waals surface area contributed by atoms with Gasteiger partial charge in [-0.15, -0.1) is 5.10 Å². The van der Waals surface area contributed by atoms with Gasteiger partial charge in [-0.1, -0.05) is 6.07 Å². The highest BCUT2D eigenvalue weighted by Crippen LogP contribution is 2.45. The van der Waals surface area contributed by atoms with Crippen LogP contribution < -0.4 is 14.8 Å². The van der Waals surface area contributed by atoms with Crippen molar-refractivity contribution in [1.82, 2.24) is 9.78 Å². The molecule has 1 aromatic heterocycles. The standard InChI is InChI=1S/C19H16FN3O4/c1-26-15-7-10-6-14-17(13(10)9-16(15)27-2)23(19(24)25)22-18(14)21-12-5-3-4-11(20)8-12/h3-5,7-9H,6H2,1-2H3,(H,21,22)(H,24,25). The van der Waals surface area contributed by atoms with Gasteiger partial charge in [-0.25, -0.2) is 9.18 Å². The summed E-state index contributed by atoms with van der Waals surface area (Å²) < 4.78 is 25.1. The van der Waals surface area contributed by atoms with Gasteiger partial charge >= 0.3 is 6.09 Å². The number of carbonyl (C=O) groups is 1. The van der Waals surface area contributed by atoms with Crippen molar-refractivity contribution in [2.24, 2.45) is 0 Å². The van der Waals surface area contributed by atoms with E-state index in [1.165, 1.54) is 19.2 Å². The van der Waals surface area contributed by atoms with Gasteiger partial charge in [0.05, 0.1) is 19.9 Å². The SMILES string of the molecule is COc1cc2c(cc1OC)-c1c(c(Nc3cccc(F)c3)nn1C(=O)O)C2. The van der Waals surface area contributed by atoms with E-state index in [4.69, 9.17) is 9.47 Å². The average Bonchev–Trinajstić information content (AvgIpc) is 3.18. The maximum Gasteiger partial charge on any atom is 0.432 e. The van der Waals surface area contributed by atoms with Gasteiger partial charge in [-0.2, -0.15) is 4.68 Å². The molecular weight excluding hydrogens is 353 g/mol. The van der Waals surface area contributed by atoms with Crippen molar-refractivity contribution in [1.29, 1.82) is 0 Å². The molecule has 1 aliphatic rings. The van der Waals surface area contributed by atoms with Crippen molar-refractivity contribution >= 4 is 17.6 Å². The summed E-state index contributed by atoms with van der Waals surface area (Å²) in [6.45, 7) is 0. The first-order chi connectivity index (χ1) is 13.0. The Balaban J connectivity index is 1.84. The monoisotopic (exact) mass is 369 g/mol. The minimum absolute atomic E-state index is 0.368. The van der Waals surface area contributed by atoms with Crippen LogP contribution in [0.5, 0.6) is 11.5 Å². The van der Waals surface area contributed by atoms with Gasteiger partial charge in [0.15, 0.2) is 17.3 Å². The first-order valence-electron chi connectivity index (χ1n) is 8.15. The third-order valence-corrected chi connectivity index (χ3v) is 4.48. The summed E-state index contributed by atoms with van der Waals surface area (Å²) in [7, 11) is 3.06. The van der Waals surface area contributed by atoms with E-state index in [1.807, 2.05) is 6.07 Å². The Morgan fingerprint density at radius 1 is 1.22 bits per heavy atom. The van der Waals surface area contributed by atoms with Gasteiger partial charge in [0, 0.05) is 23.2 Å². The molecular formula is C19H16FN3O4. The Labute approximate surface area is 154 Å². The summed E-state index contributed by atoms with van der Waals surface area (Å²) in [4.78, 5) is 11.7. The van der Waals surface area contributed by atoms with Gasteiger partial charge in [0.1, 0.15) is 5.82 Å². The van der Waals surface area contributed by atoms with E-state index in [1.54, 1.807) is 25.3 Å². The van der Waals surface area contributed by atoms with Crippen LogP contribution in [0.4, 0.5) is 20.7 Å². The Morgan fingerprint density at radius 2 is 1.96 bits per heavy atom. The van der Waals surface area contributed by atoms with Crippen LogP contribution in [0.2, 0.25) is 0 Å². The first-order valence-corrected chi connectivity index (χ1v) is 8.15. The molecule has 0 radical (unpaired) electrons. The number of hydrogen-bond donors (Lipinski definition) is 2. The summed E-state index contributed by atoms with van der Waals surface area (Å²) in [5.74, 6) is 1.04. The van der Waals surface area contributed by atoms with Gasteiger partial charge in [-0.05, 0) is 35.9 Å². The summed E-state index contributed by atoms with van der Waals surface area (Å²) in [6, 6.07) is 9.47. The number of carboxylic acid groups (broad SMARTS) is 1. The summed E-state index contributed by atoms with van der Waals surface area (Å²) >= 11 is 0. The molecule has 0 bridgehead atoms. The smallest absolute Gasteiger partial charge is 0.432 e. The quantitative estimate of drug-likeness (QED) is 0.568. The number of nitrogens with zero attached hydrogens (tertiary/aromatic N) is 2. The number of nitrogens with one attached hydrogen (secondary N) is 1. The zero-order valence-corrected chi connectivity index (χ0v) is 14.6. The lowest BCUT2D eigenvalue weighted by Gasteiger charge is -2.11. The lowest BCUT2D eigenvalue weighted by molar-refractivity contribution is 0.193. The second-order valence-electron chi connectivity index (χ2n) is 6.05. The minimum Gasteiger partial charge on any atom is -0.493 e. The predicted octanol–water partition coefficient (Wildman–Crippen LogP) is 3.88. The first kappa shape index (κ1) is 16.9. The topological polar surface area (TPSA) is 85.6 Å². The fraction of sp³-hybridized carbons (Fsp3) is 0.158. The lowest BCUT2D eigenvalue weighted by atomic mass is 10.1. The van der Waals surface area contributed by atoms with E-state index in [9.17, 15) is 14.3 Å². The van der Waals surface area contributed by atoms with Crippen molar-refractivity contribution in [3.8, 4) is 22.8 Å². The van der Waals surface area contributed by atoms with Crippen LogP contribution in [0, 0.1) is 5.82 Å². The molecule has 2 N–H and O–H groups in total. The minimum atomic E-state index is -1.21. The second-order valence-corrected chi connectivity index (χ2v) is 6.05. The molecule has 0 unspecified atom stereocenters. The Morgan fingerprint density at radius 3 is 2.63 bits per heavy atom. The number of benzene rings is 2. The molecule has 0 spiro atoms. The lowest BCUT2D eigenvalue weighted by Crippen LogP contribution is -2.11. The molecule has 0 saturated heterocycles. The molecule has 0 aliphatic heterocycles. The van der Waals surface area contributed by atoms with Crippen molar-refractivity contribution in [3.63, 3.8) is 0 Å². The van der Waals surface area contributed by atoms with Crippen LogP contribution >= 0.6 is 0 Å². The molecule has 8 heteroatoms. The van der Waals surface area contributed by atoms with Crippen molar-refractivity contribution in [2.75, 3.05) is 19.5 Å². The van der Waals surface area contributed by atoms with Crippen molar-refractivity contribution in [2.45, 2.75) is 6.42 Å². The molecule has 27 heavy (non-hydrogen) atoms. The van der Waals surface area contributed by atoms with Gasteiger partial charge in [0.2, 0.25) is 0 Å². The van der Waals surface area contributed by atoms with Gasteiger partial charge < -0.3 is 19.9 Å². The molecule has 0 fully saturated rings. The number of ether oxygens (including phenoxy) is 2. The van der Waals surface area contributed by atoms with E-state index in [0.717, 1.165) is 10.2 Å². The molecule has 138 valence electrons. The van der Waals surface area contributed by atoms with E-state index >= 15 is 0 Å². The highest BCUT2D eigenvalue weighted by molar-refractivity contribution is 5.87. The average molecular weight is 369 g/mol. The van der Waals surface area contributed by atoms with Crippen LogP contribution in [0.1, 0.15) is 11.1 Å². The van der Waals surface area contributed by atoms with Gasteiger partial charge in [-0.3, -0.25) is 0 Å². The van der Waals surface area contributed by atoms with Crippen LogP contribution in [0.25, 0.3) is 11.3 Å². The number of fused-ring (bicyclic) bond motifs is 3. The Bertz CT molecular complexity index is 1060. The van der Waals surface area contributed by atoms with E-state index in [-0.39, 0.29) is 0 Å². The third kappa shape index (κ3) is 2.75. The highest BCUT2D eigenvalue weighted by atomic mass is 19.1. The maximum absolute atomic E-state index is 13.5. The molecule has 0 atom stereocenters. The Kier molecular flexibility index (Phi) is 3.95. The molecule has 3 aromatic rings. The second kappa shape index (κ2) is 6.31. The summed E-state index contributed by atoms with van der Waals surface area (Å²) in [6.07, 6.45) is -0.739. The summed E-state index contributed by atoms with van der Waals surface area (Å²) in [5, 5.41) is 16.8. The van der Waals surface area contributed by atoms with Crippen LogP contribution in [0.3, 0.4) is 0 Å². The van der Waals surface area contributed by atoms with E-state index < -0.39 is 11.9 Å². The Hall–Kier alpha value is -3.55. The number of rotatable bonds is 4. The maximum atomic E-state index is 13.5. The predicted molar refractivity (Wildman–Crippen MR) is 96.7 cm³/mol. The fourth-order valence-corrected chi connectivity index (χ4v) is 3.31. The number of hydrogen-bond acceptors (Lipinski definition) is 5. The molecule has 7 nitrogen and oxygen atoms in total. The number of anilines is 2. The van der Waals surface area contributed by atoms with E-state index in [0.29, 0.717) is 46.2 Å². The molecule has 4 rings (SSSR count). The van der Waals surface area contributed by atoms with Crippen molar-refractivity contribution in [3.05, 3.63) is 53.3 Å². The largest absolute Gasteiger partial charge is 0.493 e. The van der Waals surface area contributed by atoms with Crippen LogP contribution in [-0.2, 0) is 6.42 Å². The van der Waals surface area contributed by atoms with Crippen molar-refractivity contribution < 1.29 is 23.8 Å². The van der Waals surface area contributed by atoms with Crippen LogP contribution in [-0.4, -0.2) is 35.2 Å². The zero-order valence-electron chi connectivity index (χ0n) is 14.6. The molecule has 2 aromatic carbocycles. The van der Waals surface area contributed by atoms with Gasteiger partial charge in [0.25, 0.3) is 0 Å². The number of halogens is 1. The molecule has 0 saturated carbocycles. The van der Waals surface area contributed by atoms with E-state index in [2.05, 4.69) is 10.4 Å². The highest BCUT2D eigenvalue weighted by Gasteiger charge is 2.31. The number of methoxy groups -OCH3 is 2.